The zero-order valence-corrected chi connectivity index (χ0v) is 13.4. The van der Waals surface area contributed by atoms with Crippen LogP contribution in [0.2, 0.25) is 0 Å². The average Bonchev–Trinajstić information content (AvgIpc) is 2.51. The zero-order chi connectivity index (χ0) is 15.7. The van der Waals surface area contributed by atoms with Gasteiger partial charge in [0, 0.05) is 25.1 Å². The van der Waals surface area contributed by atoms with Gasteiger partial charge in [-0.3, -0.25) is 0 Å². The summed E-state index contributed by atoms with van der Waals surface area (Å²) in [7, 11) is 0. The van der Waals surface area contributed by atoms with Crippen molar-refractivity contribution in [2.45, 2.75) is 39.7 Å². The number of para-hydroxylation sites is 1. The Morgan fingerprint density at radius 3 is 2.48 bits per heavy atom. The van der Waals surface area contributed by atoms with Crippen LogP contribution in [-0.4, -0.2) is 42.6 Å². The summed E-state index contributed by atoms with van der Waals surface area (Å²) in [6, 6.07) is 7.77. The highest BCUT2D eigenvalue weighted by molar-refractivity contribution is 5.31. The highest BCUT2D eigenvalue weighted by atomic mass is 16.5. The Morgan fingerprint density at radius 1 is 1.24 bits per heavy atom. The highest BCUT2D eigenvalue weighted by Crippen LogP contribution is 2.24. The summed E-state index contributed by atoms with van der Waals surface area (Å²) < 4.78 is 5.62. The van der Waals surface area contributed by atoms with Crippen LogP contribution in [0, 0.1) is 12.3 Å². The van der Waals surface area contributed by atoms with Gasteiger partial charge in [0.25, 0.3) is 0 Å². The molecule has 1 aromatic carbocycles. The van der Waals surface area contributed by atoms with Gasteiger partial charge in [-0.25, -0.2) is 0 Å². The summed E-state index contributed by atoms with van der Waals surface area (Å²) in [5, 5.41) is 22.7. The molecule has 3 N–H and O–H groups in total. The van der Waals surface area contributed by atoms with Crippen LogP contribution in [0.3, 0.4) is 0 Å². The van der Waals surface area contributed by atoms with Gasteiger partial charge in [-0.05, 0) is 31.4 Å². The van der Waals surface area contributed by atoms with Crippen molar-refractivity contribution in [2.24, 2.45) is 5.41 Å². The van der Waals surface area contributed by atoms with E-state index < -0.39 is 6.10 Å². The fourth-order valence-corrected chi connectivity index (χ4v) is 2.25. The van der Waals surface area contributed by atoms with E-state index in [4.69, 9.17) is 4.74 Å². The normalized spacial score (nSPS) is 13.2. The predicted molar refractivity (Wildman–Crippen MR) is 85.7 cm³/mol. The summed E-state index contributed by atoms with van der Waals surface area (Å²) >= 11 is 0. The molecule has 0 saturated heterocycles. The molecule has 1 atom stereocenters. The lowest BCUT2D eigenvalue weighted by molar-refractivity contribution is 0.0861. The molecule has 0 aliphatic heterocycles. The Kier molecular flexibility index (Phi) is 7.72. The molecule has 0 aliphatic rings. The second-order valence-corrected chi connectivity index (χ2v) is 5.73. The Morgan fingerprint density at radius 2 is 1.90 bits per heavy atom. The zero-order valence-electron chi connectivity index (χ0n) is 13.4. The van der Waals surface area contributed by atoms with Gasteiger partial charge in [-0.15, -0.1) is 0 Å². The molecule has 4 heteroatoms. The standard InChI is InChI=1S/C17H29NO3/c1-4-17(5-2,13-19)12-18-10-15(20)11-21-16-9-7-6-8-14(16)3/h6-9,15,18-20H,4-5,10-13H2,1-3H3. The molecular weight excluding hydrogens is 266 g/mol. The van der Waals surface area contributed by atoms with E-state index in [0.717, 1.165) is 24.2 Å². The van der Waals surface area contributed by atoms with Gasteiger partial charge < -0.3 is 20.3 Å². The third-order valence-corrected chi connectivity index (χ3v) is 4.24. The number of aliphatic hydroxyl groups is 2. The molecule has 0 radical (unpaired) electrons. The second-order valence-electron chi connectivity index (χ2n) is 5.73. The van der Waals surface area contributed by atoms with Crippen molar-refractivity contribution < 1.29 is 14.9 Å². The lowest BCUT2D eigenvalue weighted by atomic mass is 9.83. The number of nitrogens with one attached hydrogen (secondary N) is 1. The monoisotopic (exact) mass is 295 g/mol. The molecule has 1 rings (SSSR count). The van der Waals surface area contributed by atoms with Crippen LogP contribution in [-0.2, 0) is 0 Å². The quantitative estimate of drug-likeness (QED) is 0.619. The third kappa shape index (κ3) is 5.65. The average molecular weight is 295 g/mol. The number of hydrogen-bond acceptors (Lipinski definition) is 4. The highest BCUT2D eigenvalue weighted by Gasteiger charge is 2.24. The first kappa shape index (κ1) is 18.0. The van der Waals surface area contributed by atoms with Gasteiger partial charge in [0.2, 0.25) is 0 Å². The minimum absolute atomic E-state index is 0.0867. The van der Waals surface area contributed by atoms with Crippen molar-refractivity contribution in [3.05, 3.63) is 29.8 Å². The van der Waals surface area contributed by atoms with E-state index in [9.17, 15) is 10.2 Å². The Labute approximate surface area is 128 Å². The lowest BCUT2D eigenvalue weighted by Crippen LogP contribution is -2.40. The minimum atomic E-state index is -0.560. The third-order valence-electron chi connectivity index (χ3n) is 4.24. The Hall–Kier alpha value is -1.10. The fraction of sp³-hybridized carbons (Fsp3) is 0.647. The first-order valence-corrected chi connectivity index (χ1v) is 7.75. The molecular formula is C17H29NO3. The van der Waals surface area contributed by atoms with Crippen LogP contribution in [0.15, 0.2) is 24.3 Å². The van der Waals surface area contributed by atoms with E-state index in [1.165, 1.54) is 0 Å². The Bertz CT molecular complexity index is 397. The maximum Gasteiger partial charge on any atom is 0.122 e. The molecule has 0 aromatic heterocycles. The Balaban J connectivity index is 2.31. The van der Waals surface area contributed by atoms with Gasteiger partial charge in [-0.2, -0.15) is 0 Å². The maximum absolute atomic E-state index is 9.97. The van der Waals surface area contributed by atoms with E-state index in [1.807, 2.05) is 31.2 Å². The molecule has 0 spiro atoms. The van der Waals surface area contributed by atoms with Gasteiger partial charge in [0.05, 0.1) is 0 Å². The smallest absolute Gasteiger partial charge is 0.122 e. The maximum atomic E-state index is 9.97. The van der Waals surface area contributed by atoms with Crippen molar-refractivity contribution in [3.8, 4) is 5.75 Å². The SMILES string of the molecule is CCC(CC)(CO)CNCC(O)COc1ccccc1C. The number of benzene rings is 1. The number of aryl methyl sites for hydroxylation is 1. The summed E-state index contributed by atoms with van der Waals surface area (Å²) in [6.45, 7) is 7.76. The van der Waals surface area contributed by atoms with E-state index in [-0.39, 0.29) is 18.6 Å². The molecule has 0 aliphatic carbocycles. The summed E-state index contributed by atoms with van der Waals surface area (Å²) in [6.07, 6.45) is 1.28. The number of aliphatic hydroxyl groups excluding tert-OH is 2. The van der Waals surface area contributed by atoms with E-state index in [2.05, 4.69) is 19.2 Å². The number of ether oxygens (including phenoxy) is 1. The van der Waals surface area contributed by atoms with Crippen molar-refractivity contribution in [2.75, 3.05) is 26.3 Å². The van der Waals surface area contributed by atoms with Crippen molar-refractivity contribution >= 4 is 0 Å². The molecule has 1 aromatic rings. The van der Waals surface area contributed by atoms with Crippen LogP contribution in [0.25, 0.3) is 0 Å². The number of hydrogen-bond donors (Lipinski definition) is 3. The van der Waals surface area contributed by atoms with Crippen LogP contribution in [0.1, 0.15) is 32.3 Å². The van der Waals surface area contributed by atoms with Gasteiger partial charge >= 0.3 is 0 Å². The van der Waals surface area contributed by atoms with Crippen LogP contribution < -0.4 is 10.1 Å². The van der Waals surface area contributed by atoms with E-state index in [1.54, 1.807) is 0 Å². The van der Waals surface area contributed by atoms with Crippen molar-refractivity contribution in [1.82, 2.24) is 5.32 Å². The molecule has 1 unspecified atom stereocenters. The molecule has 0 heterocycles. The molecule has 21 heavy (non-hydrogen) atoms. The molecule has 0 saturated carbocycles. The minimum Gasteiger partial charge on any atom is -0.491 e. The summed E-state index contributed by atoms with van der Waals surface area (Å²) in [5.41, 5.74) is 0.977. The fourth-order valence-electron chi connectivity index (χ4n) is 2.25. The van der Waals surface area contributed by atoms with Crippen LogP contribution in [0.5, 0.6) is 5.75 Å². The second kappa shape index (κ2) is 9.03. The summed E-state index contributed by atoms with van der Waals surface area (Å²) in [5.74, 6) is 0.809. The molecule has 0 bridgehead atoms. The van der Waals surface area contributed by atoms with Crippen LogP contribution >= 0.6 is 0 Å². The molecule has 0 fully saturated rings. The predicted octanol–water partition coefficient (Wildman–Crippen LogP) is 2.12. The first-order valence-electron chi connectivity index (χ1n) is 7.75. The number of rotatable bonds is 10. The summed E-state index contributed by atoms with van der Waals surface area (Å²) in [4.78, 5) is 0. The van der Waals surface area contributed by atoms with Gasteiger partial charge in [0.1, 0.15) is 18.5 Å². The molecule has 4 nitrogen and oxygen atoms in total. The van der Waals surface area contributed by atoms with E-state index in [0.29, 0.717) is 13.1 Å². The topological polar surface area (TPSA) is 61.7 Å². The van der Waals surface area contributed by atoms with Crippen LogP contribution in [0.4, 0.5) is 0 Å². The first-order chi connectivity index (χ1) is 10.1. The van der Waals surface area contributed by atoms with Gasteiger partial charge in [0.15, 0.2) is 0 Å². The van der Waals surface area contributed by atoms with Crippen molar-refractivity contribution in [3.63, 3.8) is 0 Å². The van der Waals surface area contributed by atoms with Crippen molar-refractivity contribution in [1.29, 1.82) is 0 Å². The largest absolute Gasteiger partial charge is 0.491 e. The van der Waals surface area contributed by atoms with E-state index >= 15 is 0 Å². The molecule has 0 amide bonds. The molecule has 120 valence electrons. The lowest BCUT2D eigenvalue weighted by Gasteiger charge is -2.30. The van der Waals surface area contributed by atoms with Gasteiger partial charge in [-0.1, -0.05) is 32.0 Å².